The maximum absolute atomic E-state index is 9.20. The van der Waals surface area contributed by atoms with Crippen molar-refractivity contribution in [1.29, 1.82) is 0 Å². The number of aliphatic hydroxyl groups excluding tert-OH is 1. The van der Waals surface area contributed by atoms with Crippen LogP contribution in [0.2, 0.25) is 0 Å². The summed E-state index contributed by atoms with van der Waals surface area (Å²) in [5.74, 6) is 2.91. The van der Waals surface area contributed by atoms with E-state index in [1.165, 1.54) is 43.1 Å². The summed E-state index contributed by atoms with van der Waals surface area (Å²) in [6, 6.07) is 8.49. The highest BCUT2D eigenvalue weighted by Crippen LogP contribution is 2.49. The average molecular weight is 255 g/mol. The number of fused-ring (bicyclic) bond motifs is 3. The molecule has 100 valence electrons. The van der Waals surface area contributed by atoms with E-state index in [-0.39, 0.29) is 6.61 Å². The molecule has 2 aliphatic rings. The summed E-state index contributed by atoms with van der Waals surface area (Å²) < 4.78 is 2.42. The minimum Gasteiger partial charge on any atom is -0.392 e. The van der Waals surface area contributed by atoms with Gasteiger partial charge in [-0.05, 0) is 66.2 Å². The van der Waals surface area contributed by atoms with Crippen molar-refractivity contribution < 1.29 is 5.11 Å². The van der Waals surface area contributed by atoms with Crippen molar-refractivity contribution in [1.82, 2.24) is 4.57 Å². The van der Waals surface area contributed by atoms with Crippen LogP contribution in [0.15, 0.2) is 30.5 Å². The number of hydrogen-bond acceptors (Lipinski definition) is 1. The Morgan fingerprint density at radius 3 is 2.84 bits per heavy atom. The third-order valence-electron chi connectivity index (χ3n) is 5.33. The maximum atomic E-state index is 9.20. The van der Waals surface area contributed by atoms with Gasteiger partial charge in [0.05, 0.1) is 6.61 Å². The van der Waals surface area contributed by atoms with Gasteiger partial charge in [-0.3, -0.25) is 0 Å². The van der Waals surface area contributed by atoms with E-state index in [1.807, 2.05) is 6.07 Å². The van der Waals surface area contributed by atoms with Gasteiger partial charge in [0.25, 0.3) is 0 Å². The van der Waals surface area contributed by atoms with Crippen LogP contribution in [0.1, 0.15) is 31.2 Å². The fourth-order valence-electron chi connectivity index (χ4n) is 4.36. The number of hydrogen-bond donors (Lipinski definition) is 1. The molecule has 2 heteroatoms. The second-order valence-electron chi connectivity index (χ2n) is 6.45. The van der Waals surface area contributed by atoms with E-state index in [1.54, 1.807) is 0 Å². The van der Waals surface area contributed by atoms with E-state index < -0.39 is 0 Å². The summed E-state index contributed by atoms with van der Waals surface area (Å²) in [5.41, 5.74) is 2.32. The number of rotatable bonds is 3. The molecular formula is C17H21NO. The Kier molecular flexibility index (Phi) is 2.66. The van der Waals surface area contributed by atoms with Crippen molar-refractivity contribution in [3.8, 4) is 0 Å². The molecule has 4 rings (SSSR count). The molecule has 0 saturated heterocycles. The Bertz CT molecular complexity index is 600. The molecule has 1 aromatic carbocycles. The highest BCUT2D eigenvalue weighted by Gasteiger charge is 2.39. The van der Waals surface area contributed by atoms with Crippen LogP contribution >= 0.6 is 0 Å². The zero-order valence-electron chi connectivity index (χ0n) is 11.3. The van der Waals surface area contributed by atoms with Crippen molar-refractivity contribution in [2.24, 2.45) is 17.8 Å². The molecule has 2 bridgehead atoms. The Balaban J connectivity index is 1.61. The van der Waals surface area contributed by atoms with Gasteiger partial charge in [-0.15, -0.1) is 0 Å². The van der Waals surface area contributed by atoms with Crippen LogP contribution in [0.3, 0.4) is 0 Å². The van der Waals surface area contributed by atoms with E-state index in [2.05, 4.69) is 29.0 Å². The predicted molar refractivity (Wildman–Crippen MR) is 76.8 cm³/mol. The number of aliphatic hydroxyl groups is 1. The number of benzene rings is 1. The molecular weight excluding hydrogens is 234 g/mol. The van der Waals surface area contributed by atoms with Crippen molar-refractivity contribution in [3.63, 3.8) is 0 Å². The molecule has 2 saturated carbocycles. The van der Waals surface area contributed by atoms with E-state index in [0.29, 0.717) is 0 Å². The smallest absolute Gasteiger partial charge is 0.0682 e. The average Bonchev–Trinajstić information content (AvgIpc) is 3.14. The van der Waals surface area contributed by atoms with Crippen LogP contribution in [0.4, 0.5) is 0 Å². The highest BCUT2D eigenvalue weighted by molar-refractivity contribution is 5.80. The quantitative estimate of drug-likeness (QED) is 0.891. The van der Waals surface area contributed by atoms with Gasteiger partial charge < -0.3 is 9.67 Å². The molecule has 0 aliphatic heterocycles. The Morgan fingerprint density at radius 1 is 1.16 bits per heavy atom. The van der Waals surface area contributed by atoms with Crippen LogP contribution in [0.5, 0.6) is 0 Å². The monoisotopic (exact) mass is 255 g/mol. The predicted octanol–water partition coefficient (Wildman–Crippen LogP) is 3.57. The van der Waals surface area contributed by atoms with E-state index in [0.717, 1.165) is 23.3 Å². The lowest BCUT2D eigenvalue weighted by atomic mass is 9.89. The highest BCUT2D eigenvalue weighted by atomic mass is 16.3. The summed E-state index contributed by atoms with van der Waals surface area (Å²) in [6.45, 7) is 1.32. The standard InChI is InChI=1S/C17H21NO/c19-11-13-2-4-17-15(9-13)5-6-18(17)10-16-8-12-1-3-14(16)7-12/h2,4-6,9,12,14,16,19H,1,3,7-8,10-11H2. The minimum atomic E-state index is 0.132. The maximum Gasteiger partial charge on any atom is 0.0682 e. The molecule has 0 radical (unpaired) electrons. The first-order chi connectivity index (χ1) is 9.33. The number of aromatic nitrogens is 1. The molecule has 1 heterocycles. The molecule has 0 amide bonds. The zero-order valence-corrected chi connectivity index (χ0v) is 11.3. The fourth-order valence-corrected chi connectivity index (χ4v) is 4.36. The van der Waals surface area contributed by atoms with Crippen molar-refractivity contribution in [2.75, 3.05) is 0 Å². The largest absolute Gasteiger partial charge is 0.392 e. The van der Waals surface area contributed by atoms with Gasteiger partial charge in [-0.1, -0.05) is 12.5 Å². The second kappa shape index (κ2) is 4.38. The lowest BCUT2D eigenvalue weighted by Gasteiger charge is -2.22. The molecule has 2 aliphatic carbocycles. The van der Waals surface area contributed by atoms with Crippen LogP contribution in [-0.4, -0.2) is 9.67 Å². The Morgan fingerprint density at radius 2 is 2.11 bits per heavy atom. The summed E-state index contributed by atoms with van der Waals surface area (Å²) in [4.78, 5) is 0. The van der Waals surface area contributed by atoms with Gasteiger partial charge in [0.2, 0.25) is 0 Å². The molecule has 1 N–H and O–H groups in total. The third kappa shape index (κ3) is 1.90. The minimum absolute atomic E-state index is 0.132. The van der Waals surface area contributed by atoms with Gasteiger partial charge in [-0.2, -0.15) is 0 Å². The lowest BCUT2D eigenvalue weighted by Crippen LogP contribution is -2.16. The molecule has 2 fully saturated rings. The molecule has 3 atom stereocenters. The summed E-state index contributed by atoms with van der Waals surface area (Å²) in [7, 11) is 0. The van der Waals surface area contributed by atoms with Gasteiger partial charge in [0.1, 0.15) is 0 Å². The molecule has 2 nitrogen and oxygen atoms in total. The fraction of sp³-hybridized carbons (Fsp3) is 0.529. The van der Waals surface area contributed by atoms with Gasteiger partial charge in [-0.25, -0.2) is 0 Å². The topological polar surface area (TPSA) is 25.2 Å². The van der Waals surface area contributed by atoms with Gasteiger partial charge >= 0.3 is 0 Å². The first kappa shape index (κ1) is 11.5. The van der Waals surface area contributed by atoms with E-state index in [4.69, 9.17) is 0 Å². The Labute approximate surface area is 114 Å². The van der Waals surface area contributed by atoms with Crippen LogP contribution < -0.4 is 0 Å². The summed E-state index contributed by atoms with van der Waals surface area (Å²) in [6.07, 6.45) is 8.09. The normalized spacial score (nSPS) is 29.4. The van der Waals surface area contributed by atoms with Gasteiger partial charge in [0.15, 0.2) is 0 Å². The van der Waals surface area contributed by atoms with Crippen molar-refractivity contribution in [2.45, 2.75) is 38.8 Å². The van der Waals surface area contributed by atoms with Crippen LogP contribution in [0, 0.1) is 17.8 Å². The van der Waals surface area contributed by atoms with E-state index >= 15 is 0 Å². The first-order valence-corrected chi connectivity index (χ1v) is 7.52. The van der Waals surface area contributed by atoms with Crippen LogP contribution in [-0.2, 0) is 13.2 Å². The number of nitrogens with zero attached hydrogens (tertiary/aromatic N) is 1. The summed E-state index contributed by atoms with van der Waals surface area (Å²) >= 11 is 0. The molecule has 2 aromatic rings. The summed E-state index contributed by atoms with van der Waals surface area (Å²) in [5, 5.41) is 10.5. The Hall–Kier alpha value is -1.28. The molecule has 0 spiro atoms. The van der Waals surface area contributed by atoms with Crippen molar-refractivity contribution in [3.05, 3.63) is 36.0 Å². The zero-order chi connectivity index (χ0) is 12.8. The first-order valence-electron chi connectivity index (χ1n) is 7.52. The third-order valence-corrected chi connectivity index (χ3v) is 5.33. The van der Waals surface area contributed by atoms with Crippen LogP contribution in [0.25, 0.3) is 10.9 Å². The molecule has 3 unspecified atom stereocenters. The van der Waals surface area contributed by atoms with E-state index in [9.17, 15) is 5.11 Å². The second-order valence-corrected chi connectivity index (χ2v) is 6.45. The molecule has 19 heavy (non-hydrogen) atoms. The lowest BCUT2D eigenvalue weighted by molar-refractivity contribution is 0.282. The SMILES string of the molecule is OCc1ccc2c(ccn2CC2CC3CCC2C3)c1. The molecule has 1 aromatic heterocycles. The van der Waals surface area contributed by atoms with Gasteiger partial charge in [0, 0.05) is 18.3 Å². The van der Waals surface area contributed by atoms with Crippen molar-refractivity contribution >= 4 is 10.9 Å².